The Morgan fingerprint density at radius 3 is 2.50 bits per heavy atom. The van der Waals surface area contributed by atoms with Gasteiger partial charge in [0.05, 0.1) is 4.90 Å². The number of benzene rings is 1. The minimum Gasteiger partial charge on any atom is -0.237 e. The zero-order valence-electron chi connectivity index (χ0n) is 7.14. The largest absolute Gasteiger partial charge is 0.237 e. The van der Waals surface area contributed by atoms with Gasteiger partial charge in [-0.15, -0.1) is 0 Å². The quantitative estimate of drug-likeness (QED) is 0.735. The summed E-state index contributed by atoms with van der Waals surface area (Å²) in [4.78, 5) is 0.697. The van der Waals surface area contributed by atoms with Crippen LogP contribution in [0, 0.1) is 0 Å². The predicted octanol–water partition coefficient (Wildman–Crippen LogP) is 3.68. The molecule has 0 saturated carbocycles. The zero-order chi connectivity index (χ0) is 9.97. The van der Waals surface area contributed by atoms with Gasteiger partial charge in [0, 0.05) is 10.9 Å². The molecule has 0 spiro atoms. The Bertz CT molecular complexity index is 450. The highest BCUT2D eigenvalue weighted by atomic mass is 35.7. The first-order chi connectivity index (χ1) is 6.79. The Morgan fingerprint density at radius 2 is 1.86 bits per heavy atom. The third-order valence-electron chi connectivity index (χ3n) is 1.88. The van der Waals surface area contributed by atoms with Gasteiger partial charge >= 0.3 is 0 Å². The summed E-state index contributed by atoms with van der Waals surface area (Å²) < 4.78 is 11.2. The van der Waals surface area contributed by atoms with Crippen LogP contribution in [0.4, 0.5) is 0 Å². The smallest absolute Gasteiger partial charge is 0.149 e. The highest BCUT2D eigenvalue weighted by Crippen LogP contribution is 2.30. The summed E-state index contributed by atoms with van der Waals surface area (Å²) in [5, 5.41) is 3.79. The third-order valence-corrected chi connectivity index (χ3v) is 3.96. The lowest BCUT2D eigenvalue weighted by Gasteiger charge is -1.99. The lowest BCUT2D eigenvalue weighted by atomic mass is 10.1. The molecule has 1 aromatic heterocycles. The van der Waals surface area contributed by atoms with Crippen LogP contribution in [-0.2, 0) is 10.0 Å². The van der Waals surface area contributed by atoms with E-state index in [2.05, 4.69) is 0 Å². The van der Waals surface area contributed by atoms with Gasteiger partial charge in [0.1, 0.15) is 10.0 Å². The lowest BCUT2D eigenvalue weighted by Crippen LogP contribution is -1.82. The number of rotatable bonds is 2. The number of thiophene rings is 1. The summed E-state index contributed by atoms with van der Waals surface area (Å²) >= 11 is 1.51. The van der Waals surface area contributed by atoms with Gasteiger partial charge in [0.15, 0.2) is 0 Å². The van der Waals surface area contributed by atoms with E-state index < -0.39 is 10.0 Å². The summed E-state index contributed by atoms with van der Waals surface area (Å²) in [6, 6.07) is 9.82. The van der Waals surface area contributed by atoms with Gasteiger partial charge in [-0.1, -0.05) is 30.3 Å². The first kappa shape index (κ1) is 9.90. The fourth-order valence-corrected chi connectivity index (χ4v) is 3.43. The monoisotopic (exact) mass is 242 g/mol. The molecule has 1 nitrogen and oxygen atoms in total. The van der Waals surface area contributed by atoms with Gasteiger partial charge in [0.2, 0.25) is 0 Å². The predicted molar refractivity (Wildman–Crippen MR) is 62.0 cm³/mol. The van der Waals surface area contributed by atoms with Crippen molar-refractivity contribution in [3.05, 3.63) is 41.1 Å². The van der Waals surface area contributed by atoms with Gasteiger partial charge in [-0.3, -0.25) is 0 Å². The maximum atomic E-state index is 11.2. The van der Waals surface area contributed by atoms with E-state index in [4.69, 9.17) is 10.7 Å². The van der Waals surface area contributed by atoms with Crippen molar-refractivity contribution in [3.63, 3.8) is 0 Å². The highest BCUT2D eigenvalue weighted by Gasteiger charge is 2.09. The Labute approximate surface area is 93.3 Å². The summed E-state index contributed by atoms with van der Waals surface area (Å²) in [5.41, 5.74) is 2.02. The van der Waals surface area contributed by atoms with Gasteiger partial charge in [-0.05, 0) is 21.6 Å². The van der Waals surface area contributed by atoms with Crippen molar-refractivity contribution in [2.24, 2.45) is 0 Å². The molecule has 1 atom stereocenters. The van der Waals surface area contributed by atoms with E-state index in [1.165, 1.54) is 11.3 Å². The normalized spacial score (nSPS) is 12.6. The first-order valence-corrected chi connectivity index (χ1v) is 6.90. The molecule has 0 aliphatic heterocycles. The average molecular weight is 243 g/mol. The summed E-state index contributed by atoms with van der Waals surface area (Å²) in [6.45, 7) is 0. The Hall–Kier alpha value is -0.640. The fourth-order valence-electron chi connectivity index (χ4n) is 1.24. The highest BCUT2D eigenvalue weighted by molar-refractivity contribution is 8.08. The van der Waals surface area contributed by atoms with Gasteiger partial charge in [0.25, 0.3) is 0 Å². The molecule has 0 fully saturated rings. The van der Waals surface area contributed by atoms with Gasteiger partial charge < -0.3 is 0 Å². The minimum absolute atomic E-state index is 0.697. The van der Waals surface area contributed by atoms with Crippen LogP contribution in [0.3, 0.4) is 0 Å². The van der Waals surface area contributed by atoms with Crippen LogP contribution in [0.2, 0.25) is 0 Å². The third kappa shape index (κ3) is 1.90. The van der Waals surface area contributed by atoms with Crippen molar-refractivity contribution in [1.82, 2.24) is 0 Å². The topological polar surface area (TPSA) is 17.1 Å². The standard InChI is InChI=1S/C10H7ClOS2/c11-14(12)10-7-13-6-9(10)8-4-2-1-3-5-8/h1-7H. The van der Waals surface area contributed by atoms with Gasteiger partial charge in [-0.2, -0.15) is 11.3 Å². The van der Waals surface area contributed by atoms with Crippen molar-refractivity contribution >= 4 is 32.0 Å². The summed E-state index contributed by atoms with van der Waals surface area (Å²) in [6.07, 6.45) is 0. The zero-order valence-corrected chi connectivity index (χ0v) is 9.53. The van der Waals surface area contributed by atoms with E-state index in [9.17, 15) is 4.21 Å². The molecule has 2 rings (SSSR count). The Kier molecular flexibility index (Phi) is 3.01. The molecule has 1 aromatic carbocycles. The molecule has 0 aliphatic rings. The molecule has 0 radical (unpaired) electrons. The minimum atomic E-state index is -1.43. The van der Waals surface area contributed by atoms with E-state index >= 15 is 0 Å². The van der Waals surface area contributed by atoms with Crippen molar-refractivity contribution in [3.8, 4) is 11.1 Å². The van der Waals surface area contributed by atoms with Crippen molar-refractivity contribution in [1.29, 1.82) is 0 Å². The molecule has 14 heavy (non-hydrogen) atoms. The fraction of sp³-hybridized carbons (Fsp3) is 0. The number of halogens is 1. The van der Waals surface area contributed by atoms with Crippen LogP contribution in [0.25, 0.3) is 11.1 Å². The average Bonchev–Trinajstić information content (AvgIpc) is 2.67. The Morgan fingerprint density at radius 1 is 1.14 bits per heavy atom. The molecule has 0 amide bonds. The van der Waals surface area contributed by atoms with Crippen molar-refractivity contribution in [2.45, 2.75) is 4.90 Å². The molecular weight excluding hydrogens is 236 g/mol. The lowest BCUT2D eigenvalue weighted by molar-refractivity contribution is 0.691. The van der Waals surface area contributed by atoms with Crippen molar-refractivity contribution in [2.75, 3.05) is 0 Å². The summed E-state index contributed by atoms with van der Waals surface area (Å²) in [5.74, 6) is 0. The van der Waals surface area contributed by atoms with Crippen LogP contribution in [0.15, 0.2) is 46.0 Å². The van der Waals surface area contributed by atoms with Crippen LogP contribution >= 0.6 is 22.0 Å². The van der Waals surface area contributed by atoms with E-state index in [-0.39, 0.29) is 0 Å². The molecule has 4 heteroatoms. The van der Waals surface area contributed by atoms with Crippen LogP contribution in [0.5, 0.6) is 0 Å². The van der Waals surface area contributed by atoms with E-state index in [0.717, 1.165) is 11.1 Å². The second kappa shape index (κ2) is 4.26. The molecule has 1 unspecified atom stereocenters. The van der Waals surface area contributed by atoms with Crippen LogP contribution in [-0.4, -0.2) is 4.21 Å². The molecule has 0 saturated heterocycles. The molecule has 0 aliphatic carbocycles. The first-order valence-electron chi connectivity index (χ1n) is 3.98. The molecule has 0 N–H and O–H groups in total. The SMILES string of the molecule is O=S(Cl)c1cscc1-c1ccccc1. The number of hydrogen-bond donors (Lipinski definition) is 0. The molecule has 0 bridgehead atoms. The number of hydrogen-bond acceptors (Lipinski definition) is 2. The van der Waals surface area contributed by atoms with Crippen molar-refractivity contribution < 1.29 is 4.21 Å². The van der Waals surface area contributed by atoms with E-state index in [0.29, 0.717) is 4.90 Å². The maximum Gasteiger partial charge on any atom is 0.149 e. The van der Waals surface area contributed by atoms with E-state index in [1.807, 2.05) is 41.1 Å². The summed E-state index contributed by atoms with van der Waals surface area (Å²) in [7, 11) is 4.15. The molecule has 2 aromatic rings. The Balaban J connectivity index is 2.52. The second-order valence-electron chi connectivity index (χ2n) is 2.74. The van der Waals surface area contributed by atoms with E-state index in [1.54, 1.807) is 0 Å². The van der Waals surface area contributed by atoms with Gasteiger partial charge in [-0.25, -0.2) is 4.21 Å². The van der Waals surface area contributed by atoms with Crippen LogP contribution in [0.1, 0.15) is 0 Å². The second-order valence-corrected chi connectivity index (χ2v) is 5.21. The maximum absolute atomic E-state index is 11.2. The molecular formula is C10H7ClOS2. The molecule has 72 valence electrons. The molecule has 1 heterocycles. The van der Waals surface area contributed by atoms with Crippen LogP contribution < -0.4 is 0 Å².